The molecule has 0 unspecified atom stereocenters. The SMILES string of the molecule is CC#CCNCc1c(Cl)c(C)nn1C. The molecule has 1 N–H and O–H groups in total. The Hall–Kier alpha value is -0.980. The van der Waals surface area contributed by atoms with Gasteiger partial charge in [-0.15, -0.1) is 5.92 Å². The third-order valence-electron chi connectivity index (χ3n) is 1.94. The van der Waals surface area contributed by atoms with E-state index in [1.807, 2.05) is 20.9 Å². The number of halogens is 1. The van der Waals surface area contributed by atoms with Crippen LogP contribution in [0.4, 0.5) is 0 Å². The lowest BCUT2D eigenvalue weighted by Gasteiger charge is -2.02. The summed E-state index contributed by atoms with van der Waals surface area (Å²) in [6, 6.07) is 0. The van der Waals surface area contributed by atoms with Gasteiger partial charge in [-0.25, -0.2) is 0 Å². The highest BCUT2D eigenvalue weighted by molar-refractivity contribution is 6.31. The van der Waals surface area contributed by atoms with E-state index in [1.54, 1.807) is 4.68 Å². The molecule has 0 saturated heterocycles. The highest BCUT2D eigenvalue weighted by Crippen LogP contribution is 2.18. The smallest absolute Gasteiger partial charge is 0.0860 e. The van der Waals surface area contributed by atoms with Gasteiger partial charge in [0.2, 0.25) is 0 Å². The average Bonchev–Trinajstić information content (AvgIpc) is 2.38. The maximum Gasteiger partial charge on any atom is 0.0860 e. The molecule has 0 bridgehead atoms. The standard InChI is InChI=1S/C10H14ClN3/c1-4-5-6-12-7-9-10(11)8(2)13-14(9)3/h12H,6-7H2,1-3H3. The Bertz CT molecular complexity index is 371. The Morgan fingerprint density at radius 3 is 2.79 bits per heavy atom. The van der Waals surface area contributed by atoms with Crippen molar-refractivity contribution < 1.29 is 0 Å². The van der Waals surface area contributed by atoms with Crippen molar-refractivity contribution in [3.63, 3.8) is 0 Å². The Morgan fingerprint density at radius 2 is 2.29 bits per heavy atom. The molecule has 0 fully saturated rings. The Kier molecular flexibility index (Phi) is 3.99. The molecule has 14 heavy (non-hydrogen) atoms. The Labute approximate surface area is 89.4 Å². The van der Waals surface area contributed by atoms with Crippen molar-refractivity contribution in [1.82, 2.24) is 15.1 Å². The van der Waals surface area contributed by atoms with E-state index >= 15 is 0 Å². The summed E-state index contributed by atoms with van der Waals surface area (Å²) in [5, 5.41) is 8.14. The zero-order valence-electron chi connectivity index (χ0n) is 8.69. The molecule has 1 heterocycles. The molecule has 3 nitrogen and oxygen atoms in total. The van der Waals surface area contributed by atoms with Gasteiger partial charge in [-0.1, -0.05) is 17.5 Å². The molecule has 0 amide bonds. The largest absolute Gasteiger partial charge is 0.300 e. The van der Waals surface area contributed by atoms with Crippen LogP contribution in [-0.2, 0) is 13.6 Å². The summed E-state index contributed by atoms with van der Waals surface area (Å²) in [4.78, 5) is 0. The summed E-state index contributed by atoms with van der Waals surface area (Å²) in [5.74, 6) is 5.75. The predicted molar refractivity (Wildman–Crippen MR) is 58.1 cm³/mol. The van der Waals surface area contributed by atoms with E-state index in [0.717, 1.165) is 16.4 Å². The van der Waals surface area contributed by atoms with Crippen molar-refractivity contribution in [2.75, 3.05) is 6.54 Å². The van der Waals surface area contributed by atoms with Crippen LogP contribution in [0.15, 0.2) is 0 Å². The van der Waals surface area contributed by atoms with Gasteiger partial charge in [-0.2, -0.15) is 5.10 Å². The van der Waals surface area contributed by atoms with Gasteiger partial charge in [-0.05, 0) is 13.8 Å². The van der Waals surface area contributed by atoms with Gasteiger partial charge in [0.1, 0.15) is 0 Å². The molecule has 76 valence electrons. The van der Waals surface area contributed by atoms with Crippen LogP contribution < -0.4 is 5.32 Å². The number of rotatable bonds is 3. The second-order valence-electron chi connectivity index (χ2n) is 3.00. The molecule has 1 aromatic heterocycles. The van der Waals surface area contributed by atoms with Crippen LogP contribution in [0.1, 0.15) is 18.3 Å². The topological polar surface area (TPSA) is 29.9 Å². The van der Waals surface area contributed by atoms with Gasteiger partial charge >= 0.3 is 0 Å². The fourth-order valence-corrected chi connectivity index (χ4v) is 1.43. The monoisotopic (exact) mass is 211 g/mol. The van der Waals surface area contributed by atoms with Crippen molar-refractivity contribution >= 4 is 11.6 Å². The van der Waals surface area contributed by atoms with Gasteiger partial charge in [0, 0.05) is 13.6 Å². The van der Waals surface area contributed by atoms with E-state index in [-0.39, 0.29) is 0 Å². The van der Waals surface area contributed by atoms with Crippen LogP contribution in [0.2, 0.25) is 5.02 Å². The van der Waals surface area contributed by atoms with E-state index in [0.29, 0.717) is 13.1 Å². The molecule has 0 aliphatic heterocycles. The van der Waals surface area contributed by atoms with Gasteiger partial charge in [0.25, 0.3) is 0 Å². The maximum atomic E-state index is 6.07. The van der Waals surface area contributed by atoms with Crippen molar-refractivity contribution in [3.05, 3.63) is 16.4 Å². The lowest BCUT2D eigenvalue weighted by atomic mass is 10.3. The van der Waals surface area contributed by atoms with Gasteiger partial charge < -0.3 is 5.32 Å². The van der Waals surface area contributed by atoms with Crippen LogP contribution >= 0.6 is 11.6 Å². The number of hydrogen-bond donors (Lipinski definition) is 1. The third-order valence-corrected chi connectivity index (χ3v) is 2.44. The number of nitrogens with one attached hydrogen (secondary N) is 1. The second-order valence-corrected chi connectivity index (χ2v) is 3.38. The molecule has 0 radical (unpaired) electrons. The summed E-state index contributed by atoms with van der Waals surface area (Å²) >= 11 is 6.07. The normalized spacial score (nSPS) is 9.71. The molecule has 1 rings (SSSR count). The summed E-state index contributed by atoms with van der Waals surface area (Å²) in [7, 11) is 1.89. The first-order valence-electron chi connectivity index (χ1n) is 4.45. The highest BCUT2D eigenvalue weighted by Gasteiger charge is 2.09. The number of nitrogens with zero attached hydrogens (tertiary/aromatic N) is 2. The first-order chi connectivity index (χ1) is 6.66. The molecule has 0 aliphatic carbocycles. The van der Waals surface area contributed by atoms with E-state index in [4.69, 9.17) is 11.6 Å². The summed E-state index contributed by atoms with van der Waals surface area (Å²) in [6.07, 6.45) is 0. The number of hydrogen-bond acceptors (Lipinski definition) is 2. The maximum absolute atomic E-state index is 6.07. The predicted octanol–water partition coefficient (Wildman–Crippen LogP) is 1.49. The van der Waals surface area contributed by atoms with Crippen LogP contribution in [0.5, 0.6) is 0 Å². The van der Waals surface area contributed by atoms with Crippen molar-refractivity contribution in [2.45, 2.75) is 20.4 Å². The first-order valence-corrected chi connectivity index (χ1v) is 4.83. The molecular formula is C10H14ClN3. The highest BCUT2D eigenvalue weighted by atomic mass is 35.5. The van der Waals surface area contributed by atoms with Crippen molar-refractivity contribution in [2.24, 2.45) is 7.05 Å². The zero-order chi connectivity index (χ0) is 10.6. The van der Waals surface area contributed by atoms with Crippen molar-refractivity contribution in [3.8, 4) is 11.8 Å². The van der Waals surface area contributed by atoms with Crippen molar-refractivity contribution in [1.29, 1.82) is 0 Å². The summed E-state index contributed by atoms with van der Waals surface area (Å²) in [5.41, 5.74) is 1.87. The molecular weight excluding hydrogens is 198 g/mol. The molecule has 0 atom stereocenters. The van der Waals surface area contributed by atoms with Crippen LogP contribution in [0, 0.1) is 18.8 Å². The van der Waals surface area contributed by atoms with Gasteiger partial charge in [-0.3, -0.25) is 4.68 Å². The molecule has 0 aliphatic rings. The Morgan fingerprint density at radius 1 is 1.57 bits per heavy atom. The zero-order valence-corrected chi connectivity index (χ0v) is 9.44. The fourth-order valence-electron chi connectivity index (χ4n) is 1.20. The lowest BCUT2D eigenvalue weighted by Crippen LogP contribution is -2.16. The van der Waals surface area contributed by atoms with Crippen LogP contribution in [0.3, 0.4) is 0 Å². The van der Waals surface area contributed by atoms with E-state index in [2.05, 4.69) is 22.3 Å². The fraction of sp³-hybridized carbons (Fsp3) is 0.500. The van der Waals surface area contributed by atoms with Gasteiger partial charge in [0.15, 0.2) is 0 Å². The van der Waals surface area contributed by atoms with E-state index < -0.39 is 0 Å². The minimum Gasteiger partial charge on any atom is -0.300 e. The summed E-state index contributed by atoms with van der Waals surface area (Å²) in [6.45, 7) is 5.10. The third kappa shape index (κ3) is 2.50. The minimum absolute atomic E-state index is 0.678. The molecule has 4 heteroatoms. The average molecular weight is 212 g/mol. The number of aromatic nitrogens is 2. The Balaban J connectivity index is 2.61. The quantitative estimate of drug-likeness (QED) is 0.607. The van der Waals surface area contributed by atoms with Gasteiger partial charge in [0.05, 0.1) is 23.0 Å². The molecule has 0 aromatic carbocycles. The van der Waals surface area contributed by atoms with Crippen LogP contribution in [-0.4, -0.2) is 16.3 Å². The van der Waals surface area contributed by atoms with E-state index in [9.17, 15) is 0 Å². The first kappa shape index (κ1) is 11.1. The summed E-state index contributed by atoms with van der Waals surface area (Å²) < 4.78 is 1.80. The van der Waals surface area contributed by atoms with E-state index in [1.165, 1.54) is 0 Å². The minimum atomic E-state index is 0.678. The molecule has 1 aromatic rings. The second kappa shape index (κ2) is 5.04. The molecule has 0 saturated carbocycles. The van der Waals surface area contributed by atoms with Crippen LogP contribution in [0.25, 0.3) is 0 Å². The number of aryl methyl sites for hydroxylation is 2. The molecule has 0 spiro atoms. The lowest BCUT2D eigenvalue weighted by molar-refractivity contribution is 0.655.